The van der Waals surface area contributed by atoms with E-state index in [1.165, 1.54) is 0 Å². The summed E-state index contributed by atoms with van der Waals surface area (Å²) in [5.41, 5.74) is 2.53. The first-order valence-electron chi connectivity index (χ1n) is 8.01. The first kappa shape index (κ1) is 17.1. The van der Waals surface area contributed by atoms with Crippen molar-refractivity contribution in [2.45, 2.75) is 13.2 Å². The van der Waals surface area contributed by atoms with Crippen molar-refractivity contribution in [3.63, 3.8) is 0 Å². The van der Waals surface area contributed by atoms with Gasteiger partial charge in [0.25, 0.3) is 5.91 Å². The van der Waals surface area contributed by atoms with Crippen molar-refractivity contribution in [2.24, 2.45) is 0 Å². The lowest BCUT2D eigenvalue weighted by Crippen LogP contribution is -2.22. The Morgan fingerprint density at radius 2 is 1.68 bits per heavy atom. The average Bonchev–Trinajstić information content (AvgIpc) is 2.66. The summed E-state index contributed by atoms with van der Waals surface area (Å²) in [7, 11) is 0. The summed E-state index contributed by atoms with van der Waals surface area (Å²) in [6.07, 6.45) is 0. The minimum atomic E-state index is -0.132. The molecular weight excluding hydrogens is 334 g/mol. The van der Waals surface area contributed by atoms with Crippen LogP contribution in [0.25, 0.3) is 0 Å². The van der Waals surface area contributed by atoms with E-state index in [2.05, 4.69) is 5.32 Å². The van der Waals surface area contributed by atoms with E-state index >= 15 is 0 Å². The second kappa shape index (κ2) is 8.36. The molecule has 1 N–H and O–H groups in total. The summed E-state index contributed by atoms with van der Waals surface area (Å²) in [5, 5.41) is 3.58. The molecule has 3 nitrogen and oxygen atoms in total. The van der Waals surface area contributed by atoms with Gasteiger partial charge >= 0.3 is 0 Å². The van der Waals surface area contributed by atoms with Crippen LogP contribution in [0.2, 0.25) is 5.02 Å². The van der Waals surface area contributed by atoms with Gasteiger partial charge in [-0.15, -0.1) is 0 Å². The Morgan fingerprint density at radius 3 is 2.48 bits per heavy atom. The van der Waals surface area contributed by atoms with Gasteiger partial charge in [-0.05, 0) is 29.8 Å². The predicted molar refractivity (Wildman–Crippen MR) is 99.8 cm³/mol. The molecule has 25 heavy (non-hydrogen) atoms. The van der Waals surface area contributed by atoms with Crippen molar-refractivity contribution in [3.05, 3.63) is 101 Å². The molecule has 0 aliphatic heterocycles. The Balaban J connectivity index is 1.61. The van der Waals surface area contributed by atoms with Crippen LogP contribution < -0.4 is 10.1 Å². The second-order valence-corrected chi connectivity index (χ2v) is 5.98. The third-order valence-corrected chi connectivity index (χ3v) is 4.11. The molecule has 0 unspecified atom stereocenters. The minimum absolute atomic E-state index is 0.132. The van der Waals surface area contributed by atoms with Crippen molar-refractivity contribution >= 4 is 17.5 Å². The number of rotatable bonds is 6. The number of hydrogen-bond donors (Lipinski definition) is 1. The normalized spacial score (nSPS) is 10.3. The largest absolute Gasteiger partial charge is 0.489 e. The van der Waals surface area contributed by atoms with Crippen LogP contribution in [-0.4, -0.2) is 5.91 Å². The lowest BCUT2D eigenvalue weighted by atomic mass is 10.2. The minimum Gasteiger partial charge on any atom is -0.489 e. The van der Waals surface area contributed by atoms with Crippen molar-refractivity contribution in [1.29, 1.82) is 0 Å². The summed E-state index contributed by atoms with van der Waals surface area (Å²) < 4.78 is 5.76. The van der Waals surface area contributed by atoms with Gasteiger partial charge in [0.05, 0.1) is 0 Å². The number of benzene rings is 3. The van der Waals surface area contributed by atoms with Crippen LogP contribution in [0.1, 0.15) is 21.5 Å². The zero-order valence-corrected chi connectivity index (χ0v) is 14.4. The second-order valence-electron chi connectivity index (χ2n) is 5.58. The number of amides is 1. The van der Waals surface area contributed by atoms with Gasteiger partial charge in [-0.3, -0.25) is 4.79 Å². The first-order valence-corrected chi connectivity index (χ1v) is 8.38. The molecule has 1 amide bonds. The average molecular weight is 352 g/mol. The van der Waals surface area contributed by atoms with Gasteiger partial charge < -0.3 is 10.1 Å². The maximum atomic E-state index is 12.3. The molecule has 0 atom stereocenters. The molecule has 4 heteroatoms. The van der Waals surface area contributed by atoms with Crippen molar-refractivity contribution in [3.8, 4) is 5.75 Å². The van der Waals surface area contributed by atoms with Gasteiger partial charge in [0.2, 0.25) is 0 Å². The van der Waals surface area contributed by atoms with Crippen LogP contribution >= 0.6 is 11.6 Å². The van der Waals surface area contributed by atoms with Crippen LogP contribution in [0.4, 0.5) is 0 Å². The maximum Gasteiger partial charge on any atom is 0.251 e. The van der Waals surface area contributed by atoms with E-state index in [4.69, 9.17) is 16.3 Å². The van der Waals surface area contributed by atoms with Crippen molar-refractivity contribution < 1.29 is 9.53 Å². The summed E-state index contributed by atoms with van der Waals surface area (Å²) in [6.45, 7) is 0.846. The molecule has 0 aliphatic carbocycles. The zero-order chi connectivity index (χ0) is 17.5. The Morgan fingerprint density at radius 1 is 0.920 bits per heavy atom. The molecule has 0 fully saturated rings. The van der Waals surface area contributed by atoms with Gasteiger partial charge in [0.1, 0.15) is 12.4 Å². The fourth-order valence-corrected chi connectivity index (χ4v) is 2.57. The molecule has 0 aromatic heterocycles. The highest BCUT2D eigenvalue weighted by molar-refractivity contribution is 6.31. The van der Waals surface area contributed by atoms with Crippen LogP contribution in [0.3, 0.4) is 0 Å². The highest BCUT2D eigenvalue weighted by Crippen LogP contribution is 2.19. The SMILES string of the molecule is O=C(NCc1ccccc1)c1cccc(OCc2ccccc2Cl)c1. The fraction of sp³-hybridized carbons (Fsp3) is 0.0952. The number of nitrogens with one attached hydrogen (secondary N) is 1. The van der Waals surface area contributed by atoms with Crippen molar-refractivity contribution in [1.82, 2.24) is 5.32 Å². The predicted octanol–water partition coefficient (Wildman–Crippen LogP) is 4.85. The van der Waals surface area contributed by atoms with Crippen LogP contribution in [0.15, 0.2) is 78.9 Å². The van der Waals surface area contributed by atoms with E-state index in [9.17, 15) is 4.79 Å². The lowest BCUT2D eigenvalue weighted by Gasteiger charge is -2.10. The molecular formula is C21H18ClNO2. The van der Waals surface area contributed by atoms with Gasteiger partial charge in [-0.2, -0.15) is 0 Å². The molecule has 3 rings (SSSR count). The molecule has 0 radical (unpaired) electrons. The van der Waals surface area contributed by atoms with Crippen LogP contribution in [-0.2, 0) is 13.2 Å². The third kappa shape index (κ3) is 4.85. The Kier molecular flexibility index (Phi) is 5.70. The Bertz CT molecular complexity index is 849. The Hall–Kier alpha value is -2.78. The van der Waals surface area contributed by atoms with Crippen LogP contribution in [0.5, 0.6) is 5.75 Å². The summed E-state index contributed by atoms with van der Waals surface area (Å²) in [6, 6.07) is 24.5. The molecule has 3 aromatic carbocycles. The standard InChI is InChI=1S/C21H18ClNO2/c22-20-12-5-4-9-18(20)15-25-19-11-6-10-17(13-19)21(24)23-14-16-7-2-1-3-8-16/h1-13H,14-15H2,(H,23,24). The molecule has 3 aromatic rings. The molecule has 0 bridgehead atoms. The van der Waals surface area contributed by atoms with Gasteiger partial charge in [0, 0.05) is 22.7 Å². The number of halogens is 1. The van der Waals surface area contributed by atoms with E-state index in [-0.39, 0.29) is 5.91 Å². The first-order chi connectivity index (χ1) is 12.2. The number of ether oxygens (including phenoxy) is 1. The zero-order valence-electron chi connectivity index (χ0n) is 13.6. The molecule has 0 aliphatic rings. The van der Waals surface area contributed by atoms with E-state index < -0.39 is 0 Å². The fourth-order valence-electron chi connectivity index (χ4n) is 2.38. The van der Waals surface area contributed by atoms with Crippen LogP contribution in [0, 0.1) is 0 Å². The number of hydrogen-bond acceptors (Lipinski definition) is 2. The highest BCUT2D eigenvalue weighted by atomic mass is 35.5. The highest BCUT2D eigenvalue weighted by Gasteiger charge is 2.07. The summed E-state index contributed by atoms with van der Waals surface area (Å²) in [5.74, 6) is 0.499. The quantitative estimate of drug-likeness (QED) is 0.689. The van der Waals surface area contributed by atoms with Gasteiger partial charge in [-0.1, -0.05) is 66.2 Å². The smallest absolute Gasteiger partial charge is 0.251 e. The van der Waals surface area contributed by atoms with E-state index in [1.54, 1.807) is 18.2 Å². The van der Waals surface area contributed by atoms with Gasteiger partial charge in [-0.25, -0.2) is 0 Å². The molecule has 0 saturated carbocycles. The third-order valence-electron chi connectivity index (χ3n) is 3.74. The molecule has 0 saturated heterocycles. The topological polar surface area (TPSA) is 38.3 Å². The lowest BCUT2D eigenvalue weighted by molar-refractivity contribution is 0.0950. The van der Waals surface area contributed by atoms with E-state index in [1.807, 2.05) is 60.7 Å². The number of carbonyl (C=O) groups is 1. The number of carbonyl (C=O) groups excluding carboxylic acids is 1. The molecule has 0 spiro atoms. The summed E-state index contributed by atoms with van der Waals surface area (Å²) >= 11 is 6.13. The molecule has 0 heterocycles. The van der Waals surface area contributed by atoms with E-state index in [0.717, 1.165) is 11.1 Å². The van der Waals surface area contributed by atoms with Crippen molar-refractivity contribution in [2.75, 3.05) is 0 Å². The van der Waals surface area contributed by atoms with Gasteiger partial charge in [0.15, 0.2) is 0 Å². The monoisotopic (exact) mass is 351 g/mol. The maximum absolute atomic E-state index is 12.3. The summed E-state index contributed by atoms with van der Waals surface area (Å²) in [4.78, 5) is 12.3. The van der Waals surface area contributed by atoms with E-state index in [0.29, 0.717) is 29.5 Å². The Labute approximate surface area is 152 Å². The molecule has 126 valence electrons.